The highest BCUT2D eigenvalue weighted by Gasteiger charge is 2.17. The Kier molecular flexibility index (Phi) is 5.47. The highest BCUT2D eigenvalue weighted by atomic mass is 32.2. The van der Waals surface area contributed by atoms with Gasteiger partial charge >= 0.3 is 0 Å². The van der Waals surface area contributed by atoms with Gasteiger partial charge in [0.15, 0.2) is 0 Å². The molecule has 25 heavy (non-hydrogen) atoms. The summed E-state index contributed by atoms with van der Waals surface area (Å²) in [5.74, 6) is 0. The second kappa shape index (κ2) is 7.77. The maximum absolute atomic E-state index is 12.7. The molecule has 1 aromatic heterocycles. The van der Waals surface area contributed by atoms with Crippen molar-refractivity contribution in [3.63, 3.8) is 0 Å². The first-order valence-corrected chi connectivity index (χ1v) is 9.48. The summed E-state index contributed by atoms with van der Waals surface area (Å²) in [5.41, 5.74) is 1.72. The summed E-state index contributed by atoms with van der Waals surface area (Å²) in [7, 11) is -3.63. The third-order valence-electron chi connectivity index (χ3n) is 4.07. The number of aromatic nitrogens is 1. The minimum Gasteiger partial charge on any atom is -0.379 e. The van der Waals surface area contributed by atoms with Gasteiger partial charge in [0, 0.05) is 32.0 Å². The lowest BCUT2D eigenvalue weighted by Crippen LogP contribution is -2.35. The summed E-state index contributed by atoms with van der Waals surface area (Å²) in [6.45, 7) is 4.04. The summed E-state index contributed by atoms with van der Waals surface area (Å²) in [6.07, 6.45) is 6.49. The van der Waals surface area contributed by atoms with Gasteiger partial charge in [-0.1, -0.05) is 18.2 Å². The molecule has 1 aliphatic heterocycles. The zero-order valence-electron chi connectivity index (χ0n) is 13.7. The van der Waals surface area contributed by atoms with Crippen LogP contribution >= 0.6 is 0 Å². The Hall–Kier alpha value is -2.22. The number of hydrogen-bond donors (Lipinski definition) is 0. The predicted molar refractivity (Wildman–Crippen MR) is 94.7 cm³/mol. The molecule has 7 heteroatoms. The van der Waals surface area contributed by atoms with Crippen LogP contribution in [-0.2, 0) is 26.1 Å². The molecule has 0 amide bonds. The molecular formula is C18H20N2O4S. The van der Waals surface area contributed by atoms with E-state index in [0.717, 1.165) is 42.4 Å². The highest BCUT2D eigenvalue weighted by molar-refractivity contribution is 7.90. The predicted octanol–water partition coefficient (Wildman–Crippen LogP) is 1.77. The van der Waals surface area contributed by atoms with Gasteiger partial charge < -0.3 is 4.74 Å². The quantitative estimate of drug-likeness (QED) is 0.580. The first kappa shape index (κ1) is 17.6. The Bertz CT molecular complexity index is 847. The van der Waals surface area contributed by atoms with E-state index in [0.29, 0.717) is 11.8 Å². The van der Waals surface area contributed by atoms with Crippen LogP contribution in [0.1, 0.15) is 11.1 Å². The Morgan fingerprint density at radius 1 is 1.08 bits per heavy atom. The third kappa shape index (κ3) is 4.25. The Balaban J connectivity index is 1.74. The van der Waals surface area contributed by atoms with E-state index in [-0.39, 0.29) is 4.90 Å². The van der Waals surface area contributed by atoms with Crippen LogP contribution in [0.2, 0.25) is 0 Å². The number of ether oxygens (including phenoxy) is 1. The van der Waals surface area contributed by atoms with Crippen LogP contribution in [0.3, 0.4) is 0 Å². The number of nitrogens with zero attached hydrogens (tertiary/aromatic N) is 2. The van der Waals surface area contributed by atoms with Gasteiger partial charge in [0.1, 0.15) is 6.29 Å². The number of carbonyl (C=O) groups is 1. The van der Waals surface area contributed by atoms with Gasteiger partial charge in [-0.25, -0.2) is 12.4 Å². The van der Waals surface area contributed by atoms with E-state index in [1.807, 2.05) is 12.1 Å². The Labute approximate surface area is 147 Å². The lowest BCUT2D eigenvalue weighted by molar-refractivity contribution is -0.104. The Morgan fingerprint density at radius 2 is 1.80 bits per heavy atom. The molecule has 0 spiro atoms. The van der Waals surface area contributed by atoms with Gasteiger partial charge in [-0.2, -0.15) is 0 Å². The fourth-order valence-corrected chi connectivity index (χ4v) is 3.90. The third-order valence-corrected chi connectivity index (χ3v) is 5.72. The standard InChI is InChI=1S/C18H20N2O4S/c21-11-1-2-16-7-8-20(15-16)25(22,23)18-5-3-17(4-6-18)14-19-9-12-24-13-10-19/h1-8,11,15H,9-10,12-14H2/b2-1+. The SMILES string of the molecule is O=C/C=C/c1ccn(S(=O)(=O)c2ccc(CN3CCOCC3)cc2)c1. The molecule has 1 aliphatic rings. The molecule has 1 aromatic carbocycles. The lowest BCUT2D eigenvalue weighted by Gasteiger charge is -2.26. The molecule has 0 N–H and O–H groups in total. The summed E-state index contributed by atoms with van der Waals surface area (Å²) in [4.78, 5) is 12.9. The first-order valence-electron chi connectivity index (χ1n) is 8.04. The van der Waals surface area contributed by atoms with E-state index in [1.165, 1.54) is 18.5 Å². The minimum atomic E-state index is -3.63. The number of benzene rings is 1. The maximum Gasteiger partial charge on any atom is 0.267 e. The molecule has 1 saturated heterocycles. The molecule has 0 atom stereocenters. The Morgan fingerprint density at radius 3 is 2.48 bits per heavy atom. The average Bonchev–Trinajstić information content (AvgIpc) is 3.11. The molecule has 0 bridgehead atoms. The molecule has 3 rings (SSSR count). The number of aldehydes is 1. The highest BCUT2D eigenvalue weighted by Crippen LogP contribution is 2.17. The van der Waals surface area contributed by atoms with Gasteiger partial charge in [0.2, 0.25) is 0 Å². The molecular weight excluding hydrogens is 340 g/mol. The number of hydrogen-bond acceptors (Lipinski definition) is 5. The van der Waals surface area contributed by atoms with E-state index in [9.17, 15) is 13.2 Å². The van der Waals surface area contributed by atoms with Gasteiger partial charge in [-0.05, 0) is 35.4 Å². The molecule has 0 radical (unpaired) electrons. The summed E-state index contributed by atoms with van der Waals surface area (Å²) < 4.78 is 31.8. The van der Waals surface area contributed by atoms with Crippen LogP contribution in [0.4, 0.5) is 0 Å². The van der Waals surface area contributed by atoms with Crippen molar-refractivity contribution in [2.75, 3.05) is 26.3 Å². The van der Waals surface area contributed by atoms with Gasteiger partial charge in [-0.15, -0.1) is 0 Å². The molecule has 0 unspecified atom stereocenters. The molecule has 132 valence electrons. The van der Waals surface area contributed by atoms with Crippen molar-refractivity contribution in [1.29, 1.82) is 0 Å². The molecule has 0 aliphatic carbocycles. The van der Waals surface area contributed by atoms with Crippen molar-refractivity contribution in [3.8, 4) is 0 Å². The monoisotopic (exact) mass is 360 g/mol. The fraction of sp³-hybridized carbons (Fsp3) is 0.278. The van der Waals surface area contributed by atoms with Crippen molar-refractivity contribution in [3.05, 3.63) is 59.9 Å². The second-order valence-corrected chi connectivity index (χ2v) is 7.65. The van der Waals surface area contributed by atoms with E-state index in [4.69, 9.17) is 4.74 Å². The van der Waals surface area contributed by atoms with Crippen molar-refractivity contribution in [2.45, 2.75) is 11.4 Å². The first-order chi connectivity index (χ1) is 12.1. The number of allylic oxidation sites excluding steroid dienone is 1. The largest absolute Gasteiger partial charge is 0.379 e. The summed E-state index contributed by atoms with van der Waals surface area (Å²) in [6, 6.07) is 8.60. The fourth-order valence-electron chi connectivity index (χ4n) is 2.70. The van der Waals surface area contributed by atoms with Crippen molar-refractivity contribution < 1.29 is 17.9 Å². The molecule has 2 aromatic rings. The number of morpholine rings is 1. The van der Waals surface area contributed by atoms with Crippen molar-refractivity contribution in [1.82, 2.24) is 8.87 Å². The normalized spacial score (nSPS) is 16.3. The van der Waals surface area contributed by atoms with E-state index < -0.39 is 10.0 Å². The minimum absolute atomic E-state index is 0.236. The zero-order chi connectivity index (χ0) is 17.7. The van der Waals surface area contributed by atoms with E-state index in [2.05, 4.69) is 4.90 Å². The maximum atomic E-state index is 12.7. The van der Waals surface area contributed by atoms with Gasteiger partial charge in [0.25, 0.3) is 10.0 Å². The van der Waals surface area contributed by atoms with Crippen molar-refractivity contribution >= 4 is 22.4 Å². The van der Waals surface area contributed by atoms with Crippen molar-refractivity contribution in [2.24, 2.45) is 0 Å². The van der Waals surface area contributed by atoms with Gasteiger partial charge in [0.05, 0.1) is 18.1 Å². The van der Waals surface area contributed by atoms with Crippen LogP contribution in [-0.4, -0.2) is 49.9 Å². The van der Waals surface area contributed by atoms with Gasteiger partial charge in [-0.3, -0.25) is 9.69 Å². The molecule has 6 nitrogen and oxygen atoms in total. The zero-order valence-corrected chi connectivity index (χ0v) is 14.6. The summed E-state index contributed by atoms with van der Waals surface area (Å²) >= 11 is 0. The molecule has 2 heterocycles. The smallest absolute Gasteiger partial charge is 0.267 e. The lowest BCUT2D eigenvalue weighted by atomic mass is 10.2. The molecule has 0 saturated carbocycles. The van der Waals surface area contributed by atoms with Crippen LogP contribution in [0.25, 0.3) is 6.08 Å². The van der Waals surface area contributed by atoms with Crippen LogP contribution < -0.4 is 0 Å². The average molecular weight is 360 g/mol. The molecule has 1 fully saturated rings. The summed E-state index contributed by atoms with van der Waals surface area (Å²) in [5, 5.41) is 0. The topological polar surface area (TPSA) is 68.6 Å². The second-order valence-electron chi connectivity index (χ2n) is 5.81. The number of rotatable bonds is 6. The van der Waals surface area contributed by atoms with Crippen LogP contribution in [0, 0.1) is 0 Å². The van der Waals surface area contributed by atoms with Crippen LogP contribution in [0.5, 0.6) is 0 Å². The number of carbonyl (C=O) groups excluding carboxylic acids is 1. The van der Waals surface area contributed by atoms with Crippen LogP contribution in [0.15, 0.2) is 53.7 Å². The van der Waals surface area contributed by atoms with E-state index in [1.54, 1.807) is 24.3 Å². The van der Waals surface area contributed by atoms with E-state index >= 15 is 0 Å².